The molecule has 0 aliphatic heterocycles. The number of allylic oxidation sites excluding steroid dienone is 2. The molecule has 132 valence electrons. The van der Waals surface area contributed by atoms with Gasteiger partial charge in [0, 0.05) is 21.9 Å². The molecule has 0 heterocycles. The Kier molecular flexibility index (Phi) is 3.77. The predicted molar refractivity (Wildman–Crippen MR) is 115 cm³/mol. The number of hydrogen-bond donors (Lipinski definition) is 0. The maximum absolute atomic E-state index is 11.6. The molecule has 6 rings (SSSR count). The fourth-order valence-corrected chi connectivity index (χ4v) is 3.94. The van der Waals surface area contributed by atoms with Gasteiger partial charge in [-0.1, -0.05) is 84.9 Å². The van der Waals surface area contributed by atoms with E-state index in [0.29, 0.717) is 0 Å². The van der Waals surface area contributed by atoms with Crippen LogP contribution in [0, 0.1) is 0 Å². The molecule has 0 amide bonds. The summed E-state index contributed by atoms with van der Waals surface area (Å²) in [5.74, 6) is 0.212. The fraction of sp³-hybridized carbons (Fsp3) is 0. The fourth-order valence-electron chi connectivity index (χ4n) is 3.94. The first-order valence-corrected chi connectivity index (χ1v) is 9.21. The Labute approximate surface area is 162 Å². The van der Waals surface area contributed by atoms with E-state index < -0.39 is 0 Å². The molecule has 0 spiro atoms. The number of hydrogen-bond acceptors (Lipinski definition) is 2. The quantitative estimate of drug-likeness (QED) is 0.380. The molecule has 0 atom stereocenters. The minimum Gasteiger partial charge on any atom is -0.289 e. The van der Waals surface area contributed by atoms with Gasteiger partial charge >= 0.3 is 0 Å². The second-order valence-electron chi connectivity index (χ2n) is 6.90. The van der Waals surface area contributed by atoms with E-state index in [1.165, 1.54) is 0 Å². The molecule has 0 aromatic heterocycles. The molecule has 0 N–H and O–H groups in total. The molecule has 2 nitrogen and oxygen atoms in total. The van der Waals surface area contributed by atoms with Gasteiger partial charge in [0.2, 0.25) is 0 Å². The van der Waals surface area contributed by atoms with Crippen LogP contribution in [0.3, 0.4) is 0 Å². The summed E-state index contributed by atoms with van der Waals surface area (Å²) in [6.45, 7) is 0. The van der Waals surface area contributed by atoms with E-state index in [2.05, 4.69) is 0 Å². The lowest BCUT2D eigenvalue weighted by atomic mass is 9.92. The van der Waals surface area contributed by atoms with Crippen LogP contribution < -0.4 is 0 Å². The minimum atomic E-state index is 0.106. The normalized spacial score (nSPS) is 13.6. The van der Waals surface area contributed by atoms with Gasteiger partial charge in [0.05, 0.1) is 0 Å². The molecule has 0 fully saturated rings. The van der Waals surface area contributed by atoms with Crippen LogP contribution in [0.1, 0.15) is 31.8 Å². The Morgan fingerprint density at radius 2 is 0.821 bits per heavy atom. The lowest BCUT2D eigenvalue weighted by Crippen LogP contribution is -2.00. The molecule has 2 aliphatic carbocycles. The van der Waals surface area contributed by atoms with Gasteiger partial charge in [0.15, 0.2) is 11.6 Å². The molecule has 2 aliphatic rings. The molecule has 4 aromatic carbocycles. The molecular weight excluding hydrogens is 344 g/mol. The second-order valence-corrected chi connectivity index (χ2v) is 6.90. The lowest BCUT2D eigenvalue weighted by molar-refractivity contribution is 0.104. The Balaban J connectivity index is 0.000000122. The monoisotopic (exact) mass is 360 g/mol. The topological polar surface area (TPSA) is 34.1 Å². The first-order chi connectivity index (χ1) is 13.7. The number of carbonyl (C=O) groups is 2. The smallest absolute Gasteiger partial charge is 0.186 e. The average molecular weight is 360 g/mol. The molecule has 0 bridgehead atoms. The van der Waals surface area contributed by atoms with Crippen molar-refractivity contribution in [2.24, 2.45) is 0 Å². The summed E-state index contributed by atoms with van der Waals surface area (Å²) in [4.78, 5) is 23.2. The van der Waals surface area contributed by atoms with Crippen LogP contribution in [0.25, 0.3) is 33.7 Å². The zero-order valence-electron chi connectivity index (χ0n) is 15.1. The SMILES string of the molecule is O=C1C=Cc2cccc3cccc1c23.O=C1C=Cc2cccc3cccc1c23. The summed E-state index contributed by atoms with van der Waals surface area (Å²) in [5.41, 5.74) is 3.91. The Hall–Kier alpha value is -3.78. The Bertz CT molecular complexity index is 1220. The molecule has 0 saturated carbocycles. The third-order valence-corrected chi connectivity index (χ3v) is 5.23. The predicted octanol–water partition coefficient (Wildman–Crippen LogP) is 6.10. The van der Waals surface area contributed by atoms with Crippen LogP contribution in [0.5, 0.6) is 0 Å². The maximum Gasteiger partial charge on any atom is 0.186 e. The summed E-state index contributed by atoms with van der Waals surface area (Å²) >= 11 is 0. The average Bonchev–Trinajstić information content (AvgIpc) is 2.74. The minimum absolute atomic E-state index is 0.106. The van der Waals surface area contributed by atoms with E-state index in [9.17, 15) is 9.59 Å². The van der Waals surface area contributed by atoms with Crippen molar-refractivity contribution in [1.29, 1.82) is 0 Å². The third kappa shape index (κ3) is 2.58. The molecule has 0 unspecified atom stereocenters. The van der Waals surface area contributed by atoms with Gasteiger partial charge in [0.25, 0.3) is 0 Å². The third-order valence-electron chi connectivity index (χ3n) is 5.23. The van der Waals surface area contributed by atoms with Crippen molar-refractivity contribution < 1.29 is 9.59 Å². The van der Waals surface area contributed by atoms with Crippen LogP contribution in [0.4, 0.5) is 0 Å². The number of rotatable bonds is 0. The molecule has 2 heteroatoms. The van der Waals surface area contributed by atoms with Gasteiger partial charge in [-0.15, -0.1) is 0 Å². The number of carbonyl (C=O) groups excluding carboxylic acids is 2. The lowest BCUT2D eigenvalue weighted by Gasteiger charge is -2.10. The summed E-state index contributed by atoms with van der Waals surface area (Å²) in [5, 5.41) is 4.44. The molecule has 4 aromatic rings. The molecule has 28 heavy (non-hydrogen) atoms. The van der Waals surface area contributed by atoms with Gasteiger partial charge in [-0.25, -0.2) is 0 Å². The van der Waals surface area contributed by atoms with E-state index in [4.69, 9.17) is 0 Å². The van der Waals surface area contributed by atoms with E-state index in [1.807, 2.05) is 84.9 Å². The van der Waals surface area contributed by atoms with Crippen LogP contribution >= 0.6 is 0 Å². The standard InChI is InChI=1S/2C13H8O/c2*14-12-8-7-10-4-1-3-9-5-2-6-11(12)13(9)10/h2*1-8H. The number of ketones is 2. The summed E-state index contributed by atoms with van der Waals surface area (Å²) in [7, 11) is 0. The highest BCUT2D eigenvalue weighted by Crippen LogP contribution is 2.29. The van der Waals surface area contributed by atoms with E-state index in [-0.39, 0.29) is 11.6 Å². The van der Waals surface area contributed by atoms with Crippen molar-refractivity contribution in [3.05, 3.63) is 107 Å². The highest BCUT2D eigenvalue weighted by molar-refractivity contribution is 6.20. The highest BCUT2D eigenvalue weighted by Gasteiger charge is 2.14. The van der Waals surface area contributed by atoms with Crippen molar-refractivity contribution in [2.45, 2.75) is 0 Å². The van der Waals surface area contributed by atoms with Gasteiger partial charge in [-0.2, -0.15) is 0 Å². The summed E-state index contributed by atoms with van der Waals surface area (Å²) in [6.07, 6.45) is 7.05. The second kappa shape index (κ2) is 6.43. The van der Waals surface area contributed by atoms with Crippen LogP contribution in [-0.4, -0.2) is 11.6 Å². The maximum atomic E-state index is 11.6. The number of benzene rings is 4. The first kappa shape index (κ1) is 16.4. The van der Waals surface area contributed by atoms with Crippen molar-refractivity contribution in [3.63, 3.8) is 0 Å². The zero-order valence-corrected chi connectivity index (χ0v) is 15.1. The van der Waals surface area contributed by atoms with E-state index >= 15 is 0 Å². The van der Waals surface area contributed by atoms with Crippen molar-refractivity contribution in [3.8, 4) is 0 Å². The van der Waals surface area contributed by atoms with Crippen molar-refractivity contribution >= 4 is 45.3 Å². The van der Waals surface area contributed by atoms with Crippen molar-refractivity contribution in [2.75, 3.05) is 0 Å². The summed E-state index contributed by atoms with van der Waals surface area (Å²) in [6, 6.07) is 23.9. The summed E-state index contributed by atoms with van der Waals surface area (Å²) < 4.78 is 0. The Morgan fingerprint density at radius 1 is 0.429 bits per heavy atom. The zero-order chi connectivity index (χ0) is 19.1. The molecule has 0 saturated heterocycles. The van der Waals surface area contributed by atoms with Crippen molar-refractivity contribution in [1.82, 2.24) is 0 Å². The van der Waals surface area contributed by atoms with Crippen LogP contribution in [-0.2, 0) is 0 Å². The molecular formula is C26H16O2. The van der Waals surface area contributed by atoms with E-state index in [1.54, 1.807) is 12.2 Å². The van der Waals surface area contributed by atoms with Gasteiger partial charge in [-0.3, -0.25) is 9.59 Å². The van der Waals surface area contributed by atoms with Crippen LogP contribution in [0.2, 0.25) is 0 Å². The van der Waals surface area contributed by atoms with Gasteiger partial charge < -0.3 is 0 Å². The molecule has 0 radical (unpaired) electrons. The first-order valence-electron chi connectivity index (χ1n) is 9.21. The van der Waals surface area contributed by atoms with Gasteiger partial charge in [0.1, 0.15) is 0 Å². The Morgan fingerprint density at radius 3 is 1.25 bits per heavy atom. The van der Waals surface area contributed by atoms with E-state index in [0.717, 1.165) is 43.8 Å². The van der Waals surface area contributed by atoms with Crippen LogP contribution in [0.15, 0.2) is 84.9 Å². The highest BCUT2D eigenvalue weighted by atomic mass is 16.1. The largest absolute Gasteiger partial charge is 0.289 e. The van der Waals surface area contributed by atoms with Gasteiger partial charge in [-0.05, 0) is 34.1 Å².